The van der Waals surface area contributed by atoms with Crippen LogP contribution >= 0.6 is 11.3 Å². The number of hydrogen-bond donors (Lipinski definition) is 0. The van der Waals surface area contributed by atoms with Crippen molar-refractivity contribution in [1.29, 1.82) is 0 Å². The second-order valence-electron chi connectivity index (χ2n) is 9.79. The highest BCUT2D eigenvalue weighted by Crippen LogP contribution is 2.68. The molecule has 1 aromatic carbocycles. The van der Waals surface area contributed by atoms with Gasteiger partial charge in [0, 0.05) is 29.4 Å². The summed E-state index contributed by atoms with van der Waals surface area (Å²) >= 11 is 1.91. The van der Waals surface area contributed by atoms with Gasteiger partial charge >= 0.3 is 0 Å². The molecule has 142 valence electrons. The lowest BCUT2D eigenvalue weighted by atomic mass is 9.51. The van der Waals surface area contributed by atoms with E-state index in [1.807, 2.05) is 11.3 Å². The highest BCUT2D eigenvalue weighted by molar-refractivity contribution is 7.17. The Kier molecular flexibility index (Phi) is 3.09. The lowest BCUT2D eigenvalue weighted by Gasteiger charge is -2.62. The van der Waals surface area contributed by atoms with E-state index < -0.39 is 0 Å². The summed E-state index contributed by atoms with van der Waals surface area (Å²) in [7, 11) is 2.25. The van der Waals surface area contributed by atoms with E-state index in [0.717, 1.165) is 0 Å². The maximum Gasteiger partial charge on any atom is 0.0724 e. The van der Waals surface area contributed by atoms with Gasteiger partial charge in [-0.15, -0.1) is 11.3 Å². The van der Waals surface area contributed by atoms with Crippen LogP contribution in [0, 0.1) is 12.3 Å². The summed E-state index contributed by atoms with van der Waals surface area (Å²) in [5, 5.41) is 2.25. The van der Waals surface area contributed by atoms with Crippen LogP contribution in [0.3, 0.4) is 0 Å². The standard InChI is InChI=1S/C24H30N2S/c1-14-10-9-11-16-19(14)26-15(2)20-18(21-17(25(20)8)12-13-27-21)24(26,7)23(5,6)22(16,3)4/h9-13,15H,1-8H3/t15-,24?/m0/s1. The van der Waals surface area contributed by atoms with Crippen LogP contribution in [0.2, 0.25) is 0 Å². The molecule has 0 aliphatic carbocycles. The molecule has 3 heteroatoms. The largest absolute Gasteiger partial charge is 0.353 e. The summed E-state index contributed by atoms with van der Waals surface area (Å²) in [5.74, 6) is 0. The van der Waals surface area contributed by atoms with Gasteiger partial charge in [-0.25, -0.2) is 0 Å². The van der Waals surface area contributed by atoms with Gasteiger partial charge in [0.25, 0.3) is 0 Å². The van der Waals surface area contributed by atoms with Crippen LogP contribution in [-0.2, 0) is 18.0 Å². The predicted octanol–water partition coefficient (Wildman–Crippen LogP) is 6.66. The third-order valence-electron chi connectivity index (χ3n) is 8.53. The van der Waals surface area contributed by atoms with Gasteiger partial charge in [0.1, 0.15) is 0 Å². The van der Waals surface area contributed by atoms with Crippen molar-refractivity contribution < 1.29 is 0 Å². The summed E-state index contributed by atoms with van der Waals surface area (Å²) < 4.78 is 3.93. The van der Waals surface area contributed by atoms with Crippen LogP contribution in [0.15, 0.2) is 29.6 Å². The Bertz CT molecular complexity index is 1100. The molecule has 27 heavy (non-hydrogen) atoms. The molecule has 1 unspecified atom stereocenters. The number of rotatable bonds is 0. The predicted molar refractivity (Wildman–Crippen MR) is 117 cm³/mol. The van der Waals surface area contributed by atoms with Gasteiger partial charge in [-0.1, -0.05) is 45.9 Å². The molecule has 4 heterocycles. The van der Waals surface area contributed by atoms with E-state index in [9.17, 15) is 0 Å². The molecule has 2 aromatic heterocycles. The molecule has 2 atom stereocenters. The third-order valence-corrected chi connectivity index (χ3v) is 9.45. The van der Waals surface area contributed by atoms with E-state index in [4.69, 9.17) is 0 Å². The van der Waals surface area contributed by atoms with Gasteiger partial charge in [-0.3, -0.25) is 0 Å². The van der Waals surface area contributed by atoms with Crippen LogP contribution in [-0.4, -0.2) is 4.57 Å². The molecule has 2 nitrogen and oxygen atoms in total. The van der Waals surface area contributed by atoms with E-state index in [1.165, 1.54) is 32.7 Å². The summed E-state index contributed by atoms with van der Waals surface area (Å²) in [6, 6.07) is 9.54. The molecule has 0 bridgehead atoms. The van der Waals surface area contributed by atoms with Crippen LogP contribution in [0.5, 0.6) is 0 Å². The quantitative estimate of drug-likeness (QED) is 0.424. The molecule has 0 spiro atoms. The maximum absolute atomic E-state index is 2.76. The number of thiophene rings is 1. The minimum Gasteiger partial charge on any atom is -0.353 e. The Morgan fingerprint density at radius 1 is 1.04 bits per heavy atom. The Balaban J connectivity index is 1.97. The van der Waals surface area contributed by atoms with Crippen molar-refractivity contribution in [3.63, 3.8) is 0 Å². The van der Waals surface area contributed by atoms with Crippen LogP contribution < -0.4 is 4.90 Å². The highest BCUT2D eigenvalue weighted by Gasteiger charge is 2.65. The molecule has 0 N–H and O–H groups in total. The van der Waals surface area contributed by atoms with Crippen molar-refractivity contribution in [2.24, 2.45) is 12.5 Å². The lowest BCUT2D eigenvalue weighted by molar-refractivity contribution is 0.0661. The fourth-order valence-corrected chi connectivity index (χ4v) is 7.30. The van der Waals surface area contributed by atoms with Crippen molar-refractivity contribution in [1.82, 2.24) is 4.57 Å². The molecule has 0 radical (unpaired) electrons. The van der Waals surface area contributed by atoms with E-state index in [0.29, 0.717) is 6.04 Å². The topological polar surface area (TPSA) is 8.17 Å². The Hall–Kier alpha value is -1.74. The van der Waals surface area contributed by atoms with E-state index >= 15 is 0 Å². The molecular weight excluding hydrogens is 348 g/mol. The van der Waals surface area contributed by atoms with Gasteiger partial charge in [0.2, 0.25) is 0 Å². The second-order valence-corrected chi connectivity index (χ2v) is 10.7. The number of nitrogens with zero attached hydrogens (tertiary/aromatic N) is 2. The Morgan fingerprint density at radius 2 is 1.74 bits per heavy atom. The number of benzene rings is 1. The molecule has 0 fully saturated rings. The van der Waals surface area contributed by atoms with Crippen LogP contribution in [0.4, 0.5) is 5.69 Å². The fourth-order valence-electron chi connectivity index (χ4n) is 6.22. The average molecular weight is 379 g/mol. The van der Waals surface area contributed by atoms with E-state index in [1.54, 1.807) is 5.56 Å². The highest BCUT2D eigenvalue weighted by atomic mass is 32.1. The molecule has 3 aromatic rings. The summed E-state index contributed by atoms with van der Waals surface area (Å²) in [6.45, 7) is 17.1. The van der Waals surface area contributed by atoms with E-state index in [-0.39, 0.29) is 16.4 Å². The van der Waals surface area contributed by atoms with Crippen LogP contribution in [0.25, 0.3) is 10.2 Å². The van der Waals surface area contributed by atoms with Gasteiger partial charge < -0.3 is 9.47 Å². The minimum absolute atomic E-state index is 0.0469. The van der Waals surface area contributed by atoms with Gasteiger partial charge in [0.05, 0.1) is 21.8 Å². The first kappa shape index (κ1) is 17.4. The maximum atomic E-state index is 2.76. The smallest absolute Gasteiger partial charge is 0.0724 e. The van der Waals surface area contributed by atoms with Crippen LogP contribution in [0.1, 0.15) is 70.0 Å². The first-order valence-corrected chi connectivity index (χ1v) is 10.9. The summed E-state index contributed by atoms with van der Waals surface area (Å²) in [6.07, 6.45) is 0. The molecule has 5 rings (SSSR count). The molecule has 0 saturated carbocycles. The number of fused-ring (bicyclic) bond motifs is 7. The van der Waals surface area contributed by atoms with Crippen molar-refractivity contribution >= 4 is 27.2 Å². The Morgan fingerprint density at radius 3 is 2.44 bits per heavy atom. The van der Waals surface area contributed by atoms with E-state index in [2.05, 4.69) is 94.6 Å². The monoisotopic (exact) mass is 378 g/mol. The number of para-hydroxylation sites is 1. The molecular formula is C24H30N2S. The molecule has 2 aliphatic heterocycles. The van der Waals surface area contributed by atoms with Gasteiger partial charge in [-0.2, -0.15) is 0 Å². The summed E-state index contributed by atoms with van der Waals surface area (Å²) in [4.78, 5) is 2.76. The van der Waals surface area contributed by atoms with Crippen molar-refractivity contribution in [2.45, 2.75) is 65.5 Å². The lowest BCUT2D eigenvalue weighted by Crippen LogP contribution is -2.62. The molecule has 0 amide bonds. The number of anilines is 1. The minimum atomic E-state index is -0.0469. The zero-order valence-corrected chi connectivity index (χ0v) is 18.6. The van der Waals surface area contributed by atoms with Crippen molar-refractivity contribution in [2.75, 3.05) is 4.90 Å². The SMILES string of the molecule is Cc1cccc2c1N1[C@@H](C)c3c(c4sccc4n3C)C1(C)C(C)(C)C2(C)C. The van der Waals surface area contributed by atoms with Crippen molar-refractivity contribution in [3.05, 3.63) is 52.0 Å². The fraction of sp³-hybridized carbons (Fsp3) is 0.500. The first-order valence-electron chi connectivity index (χ1n) is 10.0. The van der Waals surface area contributed by atoms with Gasteiger partial charge in [0.15, 0.2) is 0 Å². The first-order chi connectivity index (χ1) is 12.6. The molecule has 2 aliphatic rings. The third kappa shape index (κ3) is 1.62. The van der Waals surface area contributed by atoms with Crippen molar-refractivity contribution in [3.8, 4) is 0 Å². The zero-order valence-electron chi connectivity index (χ0n) is 17.8. The molecule has 0 saturated heterocycles. The number of hydrogen-bond acceptors (Lipinski definition) is 2. The van der Waals surface area contributed by atoms with Gasteiger partial charge in [-0.05, 0) is 48.8 Å². The number of aryl methyl sites for hydroxylation is 2. The second kappa shape index (κ2) is 4.81. The summed E-state index contributed by atoms with van der Waals surface area (Å²) in [5.41, 5.74) is 8.89. The Labute approximate surface area is 166 Å². The number of aromatic nitrogens is 1. The normalized spacial score (nSPS) is 27.6. The average Bonchev–Trinajstić information content (AvgIpc) is 3.22. The zero-order chi connectivity index (χ0) is 19.5.